The fourth-order valence-electron chi connectivity index (χ4n) is 3.26. The summed E-state index contributed by atoms with van der Waals surface area (Å²) in [5.74, 6) is -0.0629. The zero-order valence-electron chi connectivity index (χ0n) is 15.6. The SMILES string of the molecule is O=C(Cc1ccccc1)Nc1nnc(CCCCc2cnc3c(c2)C=CC3)s1. The number of anilines is 1. The lowest BCUT2D eigenvalue weighted by atomic mass is 10.1. The number of aryl methyl sites for hydroxylation is 2. The van der Waals surface area contributed by atoms with E-state index in [0.717, 1.165) is 42.7 Å². The number of carbonyl (C=O) groups excluding carboxylic acids is 1. The Balaban J connectivity index is 1.20. The number of benzene rings is 1. The number of unbranched alkanes of at least 4 members (excludes halogenated alkanes) is 1. The van der Waals surface area contributed by atoms with Gasteiger partial charge in [0.05, 0.1) is 12.1 Å². The molecule has 142 valence electrons. The first-order valence-corrected chi connectivity index (χ1v) is 10.4. The summed E-state index contributed by atoms with van der Waals surface area (Å²) < 4.78 is 0. The van der Waals surface area contributed by atoms with Gasteiger partial charge in [0.2, 0.25) is 11.0 Å². The van der Waals surface area contributed by atoms with Crippen molar-refractivity contribution in [3.63, 3.8) is 0 Å². The normalized spacial score (nSPS) is 12.1. The Morgan fingerprint density at radius 2 is 1.93 bits per heavy atom. The van der Waals surface area contributed by atoms with E-state index in [2.05, 4.69) is 38.7 Å². The minimum Gasteiger partial charge on any atom is -0.300 e. The highest BCUT2D eigenvalue weighted by Crippen LogP contribution is 2.20. The van der Waals surface area contributed by atoms with Crippen LogP contribution in [0.3, 0.4) is 0 Å². The summed E-state index contributed by atoms with van der Waals surface area (Å²) in [6.07, 6.45) is 11.6. The summed E-state index contributed by atoms with van der Waals surface area (Å²) in [6.45, 7) is 0. The molecule has 28 heavy (non-hydrogen) atoms. The quantitative estimate of drug-likeness (QED) is 0.584. The number of amides is 1. The average Bonchev–Trinajstić information content (AvgIpc) is 3.35. The van der Waals surface area contributed by atoms with Crippen LogP contribution in [0, 0.1) is 0 Å². The van der Waals surface area contributed by atoms with Gasteiger partial charge in [-0.3, -0.25) is 9.78 Å². The Morgan fingerprint density at radius 1 is 1.07 bits per heavy atom. The van der Waals surface area contributed by atoms with Gasteiger partial charge in [-0.2, -0.15) is 0 Å². The van der Waals surface area contributed by atoms with E-state index >= 15 is 0 Å². The summed E-state index contributed by atoms with van der Waals surface area (Å²) in [5.41, 5.74) is 4.72. The van der Waals surface area contributed by atoms with Crippen LogP contribution in [-0.2, 0) is 30.5 Å². The average molecular weight is 391 g/mol. The predicted octanol–water partition coefficient (Wildman–Crippen LogP) is 4.25. The summed E-state index contributed by atoms with van der Waals surface area (Å²) >= 11 is 1.46. The number of allylic oxidation sites excluding steroid dienone is 1. The zero-order chi connectivity index (χ0) is 19.2. The number of hydrogen-bond donors (Lipinski definition) is 1. The van der Waals surface area contributed by atoms with E-state index in [1.165, 1.54) is 28.2 Å². The first-order chi connectivity index (χ1) is 13.8. The molecule has 2 aromatic heterocycles. The maximum absolute atomic E-state index is 12.1. The van der Waals surface area contributed by atoms with E-state index in [9.17, 15) is 4.79 Å². The smallest absolute Gasteiger partial charge is 0.230 e. The number of pyridine rings is 1. The first-order valence-electron chi connectivity index (χ1n) is 9.57. The number of fused-ring (bicyclic) bond motifs is 1. The van der Waals surface area contributed by atoms with E-state index < -0.39 is 0 Å². The van der Waals surface area contributed by atoms with Gasteiger partial charge in [0.25, 0.3) is 0 Å². The summed E-state index contributed by atoms with van der Waals surface area (Å²) in [7, 11) is 0. The van der Waals surface area contributed by atoms with Crippen LogP contribution in [0.25, 0.3) is 6.08 Å². The van der Waals surface area contributed by atoms with Crippen LogP contribution < -0.4 is 5.32 Å². The third-order valence-electron chi connectivity index (χ3n) is 4.70. The molecule has 3 aromatic rings. The van der Waals surface area contributed by atoms with Crippen molar-refractivity contribution in [3.05, 3.63) is 76.1 Å². The number of hydrogen-bond acceptors (Lipinski definition) is 5. The van der Waals surface area contributed by atoms with E-state index in [-0.39, 0.29) is 5.91 Å². The van der Waals surface area contributed by atoms with Crippen LogP contribution in [0.5, 0.6) is 0 Å². The molecule has 0 fully saturated rings. The number of carbonyl (C=O) groups is 1. The van der Waals surface area contributed by atoms with E-state index in [1.54, 1.807) is 0 Å². The number of nitrogens with one attached hydrogen (secondary N) is 1. The van der Waals surface area contributed by atoms with Gasteiger partial charge in [0, 0.05) is 19.0 Å². The van der Waals surface area contributed by atoms with E-state index in [0.29, 0.717) is 11.6 Å². The molecular formula is C22H22N4OS. The fourth-order valence-corrected chi connectivity index (χ4v) is 4.06. The zero-order valence-corrected chi connectivity index (χ0v) is 16.4. The number of aromatic nitrogens is 3. The van der Waals surface area contributed by atoms with Crippen LogP contribution in [0.4, 0.5) is 5.13 Å². The van der Waals surface area contributed by atoms with Crippen molar-refractivity contribution in [1.82, 2.24) is 15.2 Å². The van der Waals surface area contributed by atoms with Crippen LogP contribution in [-0.4, -0.2) is 21.1 Å². The summed E-state index contributed by atoms with van der Waals surface area (Å²) in [6, 6.07) is 11.9. The first kappa shape index (κ1) is 18.5. The Labute approximate surface area is 168 Å². The second-order valence-electron chi connectivity index (χ2n) is 6.90. The highest BCUT2D eigenvalue weighted by molar-refractivity contribution is 7.15. The lowest BCUT2D eigenvalue weighted by Gasteiger charge is -2.03. The molecule has 0 saturated carbocycles. The van der Waals surface area contributed by atoms with Gasteiger partial charge >= 0.3 is 0 Å². The minimum atomic E-state index is -0.0629. The number of rotatable bonds is 8. The Kier molecular flexibility index (Phi) is 5.87. The third kappa shape index (κ3) is 4.89. The molecule has 4 rings (SSSR count). The molecule has 2 heterocycles. The largest absolute Gasteiger partial charge is 0.300 e. The van der Waals surface area contributed by atoms with Gasteiger partial charge in [-0.1, -0.05) is 53.8 Å². The molecule has 0 atom stereocenters. The topological polar surface area (TPSA) is 67.8 Å². The third-order valence-corrected chi connectivity index (χ3v) is 5.59. The van der Waals surface area contributed by atoms with Crippen molar-refractivity contribution in [2.75, 3.05) is 5.32 Å². The molecule has 0 saturated heterocycles. The van der Waals surface area contributed by atoms with Crippen molar-refractivity contribution in [2.45, 2.75) is 38.5 Å². The van der Waals surface area contributed by atoms with Gasteiger partial charge < -0.3 is 5.32 Å². The molecule has 1 amide bonds. The maximum Gasteiger partial charge on any atom is 0.230 e. The molecule has 0 aliphatic heterocycles. The molecule has 0 unspecified atom stereocenters. The lowest BCUT2D eigenvalue weighted by molar-refractivity contribution is -0.115. The van der Waals surface area contributed by atoms with Gasteiger partial charge in [-0.05, 0) is 42.0 Å². The molecule has 0 radical (unpaired) electrons. The Morgan fingerprint density at radius 3 is 2.82 bits per heavy atom. The molecule has 5 nitrogen and oxygen atoms in total. The molecule has 6 heteroatoms. The van der Waals surface area contributed by atoms with Crippen LogP contribution in [0.15, 0.2) is 48.7 Å². The second kappa shape index (κ2) is 8.89. The van der Waals surface area contributed by atoms with Crippen molar-refractivity contribution in [1.29, 1.82) is 0 Å². The Hall–Kier alpha value is -2.86. The molecule has 1 aromatic carbocycles. The van der Waals surface area contributed by atoms with Crippen molar-refractivity contribution in [3.8, 4) is 0 Å². The molecule has 0 spiro atoms. The maximum atomic E-state index is 12.1. The van der Waals surface area contributed by atoms with E-state index in [4.69, 9.17) is 0 Å². The van der Waals surface area contributed by atoms with E-state index in [1.807, 2.05) is 36.5 Å². The minimum absolute atomic E-state index is 0.0629. The predicted molar refractivity (Wildman–Crippen MR) is 112 cm³/mol. The van der Waals surface area contributed by atoms with Gasteiger partial charge in [-0.25, -0.2) is 0 Å². The van der Waals surface area contributed by atoms with Crippen LogP contribution >= 0.6 is 11.3 Å². The van der Waals surface area contributed by atoms with Crippen molar-refractivity contribution < 1.29 is 4.79 Å². The lowest BCUT2D eigenvalue weighted by Crippen LogP contribution is -2.14. The van der Waals surface area contributed by atoms with Crippen molar-refractivity contribution in [2.24, 2.45) is 0 Å². The highest BCUT2D eigenvalue weighted by atomic mass is 32.1. The number of nitrogens with zero attached hydrogens (tertiary/aromatic N) is 3. The second-order valence-corrected chi connectivity index (χ2v) is 7.97. The van der Waals surface area contributed by atoms with Gasteiger partial charge in [0.15, 0.2) is 0 Å². The Bertz CT molecular complexity index is 981. The summed E-state index contributed by atoms with van der Waals surface area (Å²) in [4.78, 5) is 16.6. The highest BCUT2D eigenvalue weighted by Gasteiger charge is 2.10. The van der Waals surface area contributed by atoms with Crippen molar-refractivity contribution >= 4 is 28.5 Å². The molecular weight excluding hydrogens is 368 g/mol. The van der Waals surface area contributed by atoms with Crippen LogP contribution in [0.1, 0.15) is 40.2 Å². The van der Waals surface area contributed by atoms with Gasteiger partial charge in [-0.15, -0.1) is 10.2 Å². The monoisotopic (exact) mass is 390 g/mol. The molecule has 1 aliphatic carbocycles. The van der Waals surface area contributed by atoms with Gasteiger partial charge in [0.1, 0.15) is 5.01 Å². The molecule has 0 bridgehead atoms. The van der Waals surface area contributed by atoms with Crippen LogP contribution in [0.2, 0.25) is 0 Å². The molecule has 1 N–H and O–H groups in total. The fraction of sp³-hybridized carbons (Fsp3) is 0.273. The molecule has 1 aliphatic rings. The summed E-state index contributed by atoms with van der Waals surface area (Å²) in [5, 5.41) is 12.7. The standard InChI is InChI=1S/C22H22N4OS/c27-20(14-16-7-2-1-3-8-16)24-22-26-25-21(28-22)12-5-4-9-17-13-18-10-6-11-19(18)23-15-17/h1-3,6-8,10,13,15H,4-5,9,11-12,14H2,(H,24,26,27).